The molecule has 9 heteroatoms. The molecule has 0 bridgehead atoms. The van der Waals surface area contributed by atoms with Crippen LogP contribution in [0.15, 0.2) is 54.9 Å². The molecule has 0 spiro atoms. The van der Waals surface area contributed by atoms with Crippen molar-refractivity contribution in [3.63, 3.8) is 0 Å². The quantitative estimate of drug-likeness (QED) is 0.607. The van der Waals surface area contributed by atoms with E-state index in [9.17, 15) is 9.59 Å². The molecule has 9 nitrogen and oxygen atoms in total. The lowest BCUT2D eigenvalue weighted by molar-refractivity contribution is -0.115. The van der Waals surface area contributed by atoms with Gasteiger partial charge in [-0.25, -0.2) is 9.48 Å². The Bertz CT molecular complexity index is 1040. The maximum atomic E-state index is 12.7. The molecule has 1 aromatic heterocycles. The zero-order valence-corrected chi connectivity index (χ0v) is 18.8. The van der Waals surface area contributed by atoms with Crippen molar-refractivity contribution in [2.75, 3.05) is 11.9 Å². The second-order valence-electron chi connectivity index (χ2n) is 8.30. The lowest BCUT2D eigenvalue weighted by atomic mass is 10.1. The number of aromatic nitrogens is 4. The van der Waals surface area contributed by atoms with Crippen LogP contribution in [0, 0.1) is 0 Å². The summed E-state index contributed by atoms with van der Waals surface area (Å²) >= 11 is 0. The molecule has 0 aliphatic rings. The molecule has 168 valence electrons. The molecular formula is C23H28N6O3. The summed E-state index contributed by atoms with van der Waals surface area (Å²) in [6.45, 7) is 8.23. The Morgan fingerprint density at radius 2 is 1.81 bits per heavy atom. The molecule has 2 aromatic carbocycles. The maximum absolute atomic E-state index is 12.7. The van der Waals surface area contributed by atoms with Gasteiger partial charge in [-0.3, -0.25) is 4.79 Å². The van der Waals surface area contributed by atoms with Crippen molar-refractivity contribution >= 4 is 17.7 Å². The van der Waals surface area contributed by atoms with E-state index in [1.54, 1.807) is 9.58 Å². The number of nitrogens with one attached hydrogen (secondary N) is 1. The molecule has 3 aromatic rings. The maximum Gasteiger partial charge on any atom is 0.410 e. The van der Waals surface area contributed by atoms with E-state index in [-0.39, 0.29) is 18.4 Å². The first-order valence-electron chi connectivity index (χ1n) is 10.4. The minimum Gasteiger partial charge on any atom is -0.444 e. The van der Waals surface area contributed by atoms with Gasteiger partial charge in [0.05, 0.1) is 18.7 Å². The predicted molar refractivity (Wildman–Crippen MR) is 120 cm³/mol. The highest BCUT2D eigenvalue weighted by atomic mass is 16.6. The van der Waals surface area contributed by atoms with Gasteiger partial charge in [0.25, 0.3) is 0 Å². The van der Waals surface area contributed by atoms with Crippen LogP contribution in [0.4, 0.5) is 10.5 Å². The summed E-state index contributed by atoms with van der Waals surface area (Å²) in [5.41, 5.74) is 2.61. The molecule has 0 saturated carbocycles. The Labute approximate surface area is 187 Å². The number of nitrogens with zero attached hydrogens (tertiary/aromatic N) is 5. The first kappa shape index (κ1) is 22.9. The second kappa shape index (κ2) is 10.0. The van der Waals surface area contributed by atoms with Gasteiger partial charge in [0.15, 0.2) is 0 Å². The first-order valence-corrected chi connectivity index (χ1v) is 10.4. The highest BCUT2D eigenvalue weighted by Crippen LogP contribution is 2.20. The predicted octanol–water partition coefficient (Wildman–Crippen LogP) is 3.60. The molecule has 0 saturated heterocycles. The van der Waals surface area contributed by atoms with E-state index >= 15 is 0 Å². The van der Waals surface area contributed by atoms with Gasteiger partial charge in [-0.05, 0) is 67.4 Å². The average Bonchev–Trinajstić information content (AvgIpc) is 3.27. The molecular weight excluding hydrogens is 408 g/mol. The van der Waals surface area contributed by atoms with Crippen molar-refractivity contribution in [1.82, 2.24) is 25.1 Å². The van der Waals surface area contributed by atoms with Gasteiger partial charge >= 0.3 is 6.09 Å². The van der Waals surface area contributed by atoms with Gasteiger partial charge < -0.3 is 15.0 Å². The molecule has 0 aliphatic carbocycles. The molecule has 2 amide bonds. The monoisotopic (exact) mass is 436 g/mol. The van der Waals surface area contributed by atoms with Gasteiger partial charge in [0.2, 0.25) is 5.91 Å². The molecule has 0 radical (unpaired) electrons. The van der Waals surface area contributed by atoms with Crippen LogP contribution in [-0.2, 0) is 22.5 Å². The number of benzene rings is 2. The minimum atomic E-state index is -0.571. The summed E-state index contributed by atoms with van der Waals surface area (Å²) in [7, 11) is 0. The highest BCUT2D eigenvalue weighted by Gasteiger charge is 2.22. The number of carbonyl (C=O) groups excluding carboxylic acids is 2. The van der Waals surface area contributed by atoms with Crippen molar-refractivity contribution in [1.29, 1.82) is 0 Å². The summed E-state index contributed by atoms with van der Waals surface area (Å²) in [6.07, 6.45) is 1.34. The fourth-order valence-corrected chi connectivity index (χ4v) is 3.04. The van der Waals surface area contributed by atoms with Crippen LogP contribution in [0.1, 0.15) is 38.8 Å². The standard InChI is InChI=1S/C23H28N6O3/c1-5-28(22(31)32-23(2,3)4)15-18-8-6-7-9-20(18)25-21(30)14-17-10-12-19(13-11-17)29-16-24-26-27-29/h6-13,16H,5,14-15H2,1-4H3,(H,25,30). The Morgan fingerprint density at radius 3 is 2.44 bits per heavy atom. The van der Waals surface area contributed by atoms with Gasteiger partial charge in [-0.15, -0.1) is 5.10 Å². The Morgan fingerprint density at radius 1 is 1.09 bits per heavy atom. The second-order valence-corrected chi connectivity index (χ2v) is 8.30. The Kier molecular flexibility index (Phi) is 7.19. The van der Waals surface area contributed by atoms with Crippen molar-refractivity contribution < 1.29 is 14.3 Å². The Balaban J connectivity index is 1.65. The topological polar surface area (TPSA) is 102 Å². The van der Waals surface area contributed by atoms with Crippen LogP contribution in [0.3, 0.4) is 0 Å². The SMILES string of the molecule is CCN(Cc1ccccc1NC(=O)Cc1ccc(-n2cnnn2)cc1)C(=O)OC(C)(C)C. The van der Waals surface area contributed by atoms with Crippen molar-refractivity contribution in [3.05, 3.63) is 66.0 Å². The van der Waals surface area contributed by atoms with Crippen molar-refractivity contribution in [2.45, 2.75) is 46.3 Å². The summed E-state index contributed by atoms with van der Waals surface area (Å²) in [4.78, 5) is 26.8. The molecule has 0 aliphatic heterocycles. The third-order valence-corrected chi connectivity index (χ3v) is 4.60. The van der Waals surface area contributed by atoms with Crippen molar-refractivity contribution in [3.8, 4) is 5.69 Å². The molecule has 1 N–H and O–H groups in total. The summed E-state index contributed by atoms with van der Waals surface area (Å²) in [6, 6.07) is 14.9. The van der Waals surface area contributed by atoms with Crippen LogP contribution in [0.25, 0.3) is 5.69 Å². The summed E-state index contributed by atoms with van der Waals surface area (Å²) in [5.74, 6) is -0.145. The molecule has 0 atom stereocenters. The fraction of sp³-hybridized carbons (Fsp3) is 0.348. The van der Waals surface area contributed by atoms with E-state index in [0.717, 1.165) is 16.8 Å². The third kappa shape index (κ3) is 6.37. The molecule has 3 rings (SSSR count). The third-order valence-electron chi connectivity index (χ3n) is 4.60. The van der Waals surface area contributed by atoms with E-state index in [4.69, 9.17) is 4.74 Å². The van der Waals surface area contributed by atoms with Crippen LogP contribution >= 0.6 is 0 Å². The van der Waals surface area contributed by atoms with E-state index in [1.165, 1.54) is 6.33 Å². The van der Waals surface area contributed by atoms with Crippen LogP contribution in [-0.4, -0.2) is 49.3 Å². The van der Waals surface area contributed by atoms with Crippen LogP contribution in [0.2, 0.25) is 0 Å². The average molecular weight is 437 g/mol. The molecule has 0 fully saturated rings. The molecule has 32 heavy (non-hydrogen) atoms. The number of hydrogen-bond acceptors (Lipinski definition) is 6. The molecule has 0 unspecified atom stereocenters. The number of hydrogen-bond donors (Lipinski definition) is 1. The smallest absolute Gasteiger partial charge is 0.410 e. The summed E-state index contributed by atoms with van der Waals surface area (Å²) < 4.78 is 7.03. The van der Waals surface area contributed by atoms with E-state index in [2.05, 4.69) is 20.8 Å². The number of para-hydroxylation sites is 1. The van der Waals surface area contributed by atoms with E-state index in [1.807, 2.05) is 76.2 Å². The minimum absolute atomic E-state index is 0.145. The lowest BCUT2D eigenvalue weighted by Gasteiger charge is -2.27. The fourth-order valence-electron chi connectivity index (χ4n) is 3.04. The normalized spacial score (nSPS) is 11.1. The summed E-state index contributed by atoms with van der Waals surface area (Å²) in [5, 5.41) is 14.0. The van der Waals surface area contributed by atoms with E-state index in [0.29, 0.717) is 18.8 Å². The number of rotatable bonds is 7. The van der Waals surface area contributed by atoms with Gasteiger partial charge in [0.1, 0.15) is 11.9 Å². The van der Waals surface area contributed by atoms with Crippen LogP contribution < -0.4 is 5.32 Å². The van der Waals surface area contributed by atoms with Crippen LogP contribution in [0.5, 0.6) is 0 Å². The van der Waals surface area contributed by atoms with Crippen molar-refractivity contribution in [2.24, 2.45) is 0 Å². The number of tetrazole rings is 1. The number of carbonyl (C=O) groups is 2. The zero-order chi connectivity index (χ0) is 23.1. The van der Waals surface area contributed by atoms with Gasteiger partial charge in [-0.2, -0.15) is 0 Å². The molecule has 1 heterocycles. The zero-order valence-electron chi connectivity index (χ0n) is 18.8. The van der Waals surface area contributed by atoms with E-state index < -0.39 is 5.60 Å². The van der Waals surface area contributed by atoms with Gasteiger partial charge in [-0.1, -0.05) is 30.3 Å². The highest BCUT2D eigenvalue weighted by molar-refractivity contribution is 5.93. The Hall–Kier alpha value is -3.75. The largest absolute Gasteiger partial charge is 0.444 e. The number of amides is 2. The van der Waals surface area contributed by atoms with Gasteiger partial charge in [0, 0.05) is 12.2 Å². The lowest BCUT2D eigenvalue weighted by Crippen LogP contribution is -2.36. The number of anilines is 1. The first-order chi connectivity index (χ1) is 15.2. The number of ether oxygens (including phenoxy) is 1.